The van der Waals surface area contributed by atoms with Gasteiger partial charge in [-0.05, 0) is 99.5 Å². The summed E-state index contributed by atoms with van der Waals surface area (Å²) < 4.78 is 64.0. The van der Waals surface area contributed by atoms with Gasteiger partial charge in [0.1, 0.15) is 10.6 Å². The summed E-state index contributed by atoms with van der Waals surface area (Å²) in [5.74, 6) is 0.00656. The first-order valence-corrected chi connectivity index (χ1v) is 17.5. The fourth-order valence-electron chi connectivity index (χ4n) is 5.52. The number of nitrogens with one attached hydrogen (secondary N) is 2. The lowest BCUT2D eigenvalue weighted by molar-refractivity contribution is 0.102. The molecule has 0 saturated heterocycles. The summed E-state index contributed by atoms with van der Waals surface area (Å²) in [6.45, 7) is 6.83. The molecule has 5 rings (SSSR count). The van der Waals surface area contributed by atoms with Gasteiger partial charge in [-0.15, -0.1) is 0 Å². The monoisotopic (exact) mass is 648 g/mol. The van der Waals surface area contributed by atoms with Gasteiger partial charge in [-0.25, -0.2) is 16.8 Å². The second kappa shape index (κ2) is 12.8. The van der Waals surface area contributed by atoms with E-state index in [9.17, 15) is 21.6 Å². The van der Waals surface area contributed by atoms with Crippen LogP contribution in [0.5, 0.6) is 5.75 Å². The minimum Gasteiger partial charge on any atom is -0.497 e. The van der Waals surface area contributed by atoms with Gasteiger partial charge in [0.2, 0.25) is 0 Å². The summed E-state index contributed by atoms with van der Waals surface area (Å²) in [6, 6.07) is 24.1. The largest absolute Gasteiger partial charge is 0.497 e. The molecule has 1 atom stereocenters. The van der Waals surface area contributed by atoms with Crippen LogP contribution in [-0.4, -0.2) is 49.0 Å². The molecule has 1 aliphatic rings. The zero-order valence-electron chi connectivity index (χ0n) is 25.5. The molecule has 4 aromatic carbocycles. The molecule has 10 nitrogen and oxygen atoms in total. The number of carbonyl (C=O) groups excluding carboxylic acids is 1. The number of para-hydroxylation sites is 1. The zero-order chi connectivity index (χ0) is 32.4. The van der Waals surface area contributed by atoms with Crippen LogP contribution in [0.3, 0.4) is 0 Å². The van der Waals surface area contributed by atoms with Crippen molar-refractivity contribution in [2.75, 3.05) is 39.4 Å². The standard InChI is InChI=1S/C33H36N4O6S2/c1-5-36(6-2)31-19-16-27(22-32(31)44(39,40)35-26-14-17-28(43-4)18-15-26)34-33(38)25-11-9-12-29(21-25)45(41,42)37-23(3)20-24-10-7-8-13-30(24)37/h7-19,21-23,35H,5-6,20H2,1-4H3,(H,34,38)/t23-/m0/s1. The van der Waals surface area contributed by atoms with E-state index in [4.69, 9.17) is 4.74 Å². The van der Waals surface area contributed by atoms with Crippen LogP contribution in [-0.2, 0) is 26.5 Å². The summed E-state index contributed by atoms with van der Waals surface area (Å²) >= 11 is 0. The molecule has 0 fully saturated rings. The first kappa shape index (κ1) is 31.9. The Morgan fingerprint density at radius 3 is 2.27 bits per heavy atom. The van der Waals surface area contributed by atoms with E-state index in [1.165, 1.54) is 41.7 Å². The molecule has 12 heteroatoms. The molecule has 2 N–H and O–H groups in total. The Kier molecular flexibility index (Phi) is 9.08. The third-order valence-electron chi connectivity index (χ3n) is 7.75. The van der Waals surface area contributed by atoms with E-state index in [-0.39, 0.29) is 27.1 Å². The maximum atomic E-state index is 13.7. The van der Waals surface area contributed by atoms with Crippen molar-refractivity contribution >= 4 is 48.7 Å². The molecule has 0 saturated carbocycles. The number of amides is 1. The highest BCUT2D eigenvalue weighted by molar-refractivity contribution is 7.93. The number of hydrogen-bond donors (Lipinski definition) is 2. The van der Waals surface area contributed by atoms with Crippen LogP contribution in [0.15, 0.2) is 101 Å². The number of carbonyl (C=O) groups is 1. The number of methoxy groups -OCH3 is 1. The van der Waals surface area contributed by atoms with E-state index in [1.54, 1.807) is 48.5 Å². The highest BCUT2D eigenvalue weighted by Crippen LogP contribution is 2.37. The normalized spacial score (nSPS) is 14.5. The van der Waals surface area contributed by atoms with Crippen LogP contribution in [0.25, 0.3) is 0 Å². The van der Waals surface area contributed by atoms with Gasteiger partial charge in [-0.1, -0.05) is 24.3 Å². The molecule has 0 bridgehead atoms. The van der Waals surface area contributed by atoms with Gasteiger partial charge in [-0.3, -0.25) is 13.8 Å². The van der Waals surface area contributed by atoms with Crippen molar-refractivity contribution in [1.29, 1.82) is 0 Å². The fraction of sp³-hybridized carbons (Fsp3) is 0.242. The summed E-state index contributed by atoms with van der Waals surface area (Å²) in [7, 11) is -6.52. The van der Waals surface area contributed by atoms with Crippen LogP contribution in [0.1, 0.15) is 36.7 Å². The lowest BCUT2D eigenvalue weighted by atomic mass is 10.1. The van der Waals surface area contributed by atoms with Gasteiger partial charge < -0.3 is 15.0 Å². The Morgan fingerprint density at radius 1 is 0.889 bits per heavy atom. The highest BCUT2D eigenvalue weighted by Gasteiger charge is 2.36. The molecular formula is C33H36N4O6S2. The first-order valence-electron chi connectivity index (χ1n) is 14.6. The van der Waals surface area contributed by atoms with Gasteiger partial charge in [0.05, 0.1) is 23.4 Å². The second-order valence-corrected chi connectivity index (χ2v) is 14.1. The van der Waals surface area contributed by atoms with Crippen molar-refractivity contribution in [2.45, 2.75) is 43.0 Å². The van der Waals surface area contributed by atoms with Crippen LogP contribution in [0.2, 0.25) is 0 Å². The highest BCUT2D eigenvalue weighted by atomic mass is 32.2. The Hall–Kier alpha value is -4.55. The van der Waals surface area contributed by atoms with E-state index in [2.05, 4.69) is 10.0 Å². The summed E-state index contributed by atoms with van der Waals surface area (Å²) in [5.41, 5.74) is 2.76. The van der Waals surface area contributed by atoms with Crippen molar-refractivity contribution in [3.05, 3.63) is 102 Å². The average Bonchev–Trinajstić information content (AvgIpc) is 3.38. The van der Waals surface area contributed by atoms with E-state index < -0.39 is 26.0 Å². The Balaban J connectivity index is 1.44. The van der Waals surface area contributed by atoms with Crippen molar-refractivity contribution in [1.82, 2.24) is 0 Å². The number of hydrogen-bond acceptors (Lipinski definition) is 7. The minimum absolute atomic E-state index is 0.0115. The number of anilines is 4. The van der Waals surface area contributed by atoms with Crippen molar-refractivity contribution in [3.8, 4) is 5.75 Å². The van der Waals surface area contributed by atoms with Crippen LogP contribution < -0.4 is 24.0 Å². The molecule has 1 heterocycles. The van der Waals surface area contributed by atoms with Gasteiger partial charge >= 0.3 is 0 Å². The third-order valence-corrected chi connectivity index (χ3v) is 11.1. The minimum atomic E-state index is -4.09. The summed E-state index contributed by atoms with van der Waals surface area (Å²) in [4.78, 5) is 15.3. The lowest BCUT2D eigenvalue weighted by Gasteiger charge is -2.25. The lowest BCUT2D eigenvalue weighted by Crippen LogP contribution is -2.35. The van der Waals surface area contributed by atoms with Crippen molar-refractivity contribution in [2.24, 2.45) is 0 Å². The number of rotatable bonds is 11. The molecule has 0 radical (unpaired) electrons. The molecule has 1 aliphatic heterocycles. The average molecular weight is 649 g/mol. The predicted octanol–water partition coefficient (Wildman–Crippen LogP) is 5.73. The molecule has 45 heavy (non-hydrogen) atoms. The molecule has 1 amide bonds. The van der Waals surface area contributed by atoms with Crippen LogP contribution >= 0.6 is 0 Å². The van der Waals surface area contributed by atoms with Gasteiger partial charge in [0, 0.05) is 36.1 Å². The fourth-order valence-corrected chi connectivity index (χ4v) is 8.57. The Bertz CT molecular complexity index is 1930. The van der Waals surface area contributed by atoms with E-state index in [0.29, 0.717) is 42.3 Å². The molecular weight excluding hydrogens is 613 g/mol. The predicted molar refractivity (Wildman–Crippen MR) is 177 cm³/mol. The van der Waals surface area contributed by atoms with Crippen LogP contribution in [0, 0.1) is 0 Å². The van der Waals surface area contributed by atoms with Gasteiger partial charge in [-0.2, -0.15) is 0 Å². The second-order valence-electron chi connectivity index (χ2n) is 10.7. The maximum absolute atomic E-state index is 13.7. The number of sulfonamides is 2. The molecule has 0 aromatic heterocycles. The van der Waals surface area contributed by atoms with Gasteiger partial charge in [0.15, 0.2) is 0 Å². The summed E-state index contributed by atoms with van der Waals surface area (Å²) in [5, 5.41) is 2.75. The number of nitrogens with zero attached hydrogens (tertiary/aromatic N) is 2. The quantitative estimate of drug-likeness (QED) is 0.213. The van der Waals surface area contributed by atoms with Gasteiger partial charge in [0.25, 0.3) is 26.0 Å². The smallest absolute Gasteiger partial charge is 0.264 e. The van der Waals surface area contributed by atoms with E-state index >= 15 is 0 Å². The Morgan fingerprint density at radius 2 is 1.58 bits per heavy atom. The van der Waals surface area contributed by atoms with Crippen molar-refractivity contribution in [3.63, 3.8) is 0 Å². The Labute approximate surface area is 264 Å². The molecule has 236 valence electrons. The van der Waals surface area contributed by atoms with E-state index in [1.807, 2.05) is 37.8 Å². The van der Waals surface area contributed by atoms with E-state index in [0.717, 1.165) is 5.56 Å². The molecule has 4 aromatic rings. The molecule has 0 unspecified atom stereocenters. The zero-order valence-corrected chi connectivity index (χ0v) is 27.2. The number of ether oxygens (including phenoxy) is 1. The number of fused-ring (bicyclic) bond motifs is 1. The summed E-state index contributed by atoms with van der Waals surface area (Å²) in [6.07, 6.45) is 0.595. The van der Waals surface area contributed by atoms with Crippen molar-refractivity contribution < 1.29 is 26.4 Å². The molecule has 0 spiro atoms. The first-order chi connectivity index (χ1) is 21.5. The maximum Gasteiger partial charge on any atom is 0.264 e. The number of benzene rings is 4. The van der Waals surface area contributed by atoms with Crippen LogP contribution in [0.4, 0.5) is 22.7 Å². The molecule has 0 aliphatic carbocycles. The third kappa shape index (κ3) is 6.47. The topological polar surface area (TPSA) is 125 Å². The SMILES string of the molecule is CCN(CC)c1ccc(NC(=O)c2cccc(S(=O)(=O)N3c4ccccc4C[C@@H]3C)c2)cc1S(=O)(=O)Nc1ccc(OC)cc1.